The van der Waals surface area contributed by atoms with Crippen LogP contribution in [0.4, 0.5) is 5.69 Å². The Hall–Kier alpha value is -2.77. The second-order valence-electron chi connectivity index (χ2n) is 8.84. The summed E-state index contributed by atoms with van der Waals surface area (Å²) in [5.74, 6) is -3.53. The summed E-state index contributed by atoms with van der Waals surface area (Å²) in [6, 6.07) is 4.97. The first kappa shape index (κ1) is 25.3. The van der Waals surface area contributed by atoms with E-state index in [0.717, 1.165) is 11.8 Å². The van der Waals surface area contributed by atoms with Crippen molar-refractivity contribution < 1.29 is 32.7 Å². The number of benzene rings is 1. The smallest absolute Gasteiger partial charge is 0.326 e. The van der Waals surface area contributed by atoms with Gasteiger partial charge in [-0.25, -0.2) is 13.2 Å². The number of anilines is 1. The SMILES string of the molecule is CC(C)[C@@H](NC(=O)CN1C(=O)/C(=C2\SC(=S)N([C@H]3CCS(=O)(=O)C3)C2=O)c2ccccc21)C(=O)O. The average molecular weight is 538 g/mol. The minimum atomic E-state index is -3.26. The molecule has 4 rings (SSSR count). The lowest BCUT2D eigenvalue weighted by molar-refractivity contribution is -0.142. The van der Waals surface area contributed by atoms with Crippen molar-refractivity contribution in [3.63, 3.8) is 0 Å². The van der Waals surface area contributed by atoms with Gasteiger partial charge < -0.3 is 10.4 Å². The van der Waals surface area contributed by atoms with Gasteiger partial charge in [-0.1, -0.05) is 56.0 Å². The minimum Gasteiger partial charge on any atom is -0.480 e. The van der Waals surface area contributed by atoms with Crippen LogP contribution >= 0.6 is 24.0 Å². The number of thiocarbonyl (C=S) groups is 1. The molecule has 0 bridgehead atoms. The normalized spacial score (nSPS) is 24.3. The number of sulfone groups is 1. The van der Waals surface area contributed by atoms with Gasteiger partial charge in [0.25, 0.3) is 11.8 Å². The molecule has 1 aromatic rings. The quantitative estimate of drug-likeness (QED) is 0.402. The number of hydrogen-bond acceptors (Lipinski definition) is 8. The van der Waals surface area contributed by atoms with Crippen molar-refractivity contribution in [2.75, 3.05) is 23.0 Å². The van der Waals surface area contributed by atoms with Gasteiger partial charge in [-0.2, -0.15) is 0 Å². The molecule has 186 valence electrons. The van der Waals surface area contributed by atoms with Gasteiger partial charge in [-0.15, -0.1) is 0 Å². The van der Waals surface area contributed by atoms with Crippen LogP contribution in [0, 0.1) is 5.92 Å². The fraction of sp³-hybridized carbons (Fsp3) is 0.409. The molecule has 3 heterocycles. The van der Waals surface area contributed by atoms with E-state index in [1.54, 1.807) is 38.1 Å². The van der Waals surface area contributed by atoms with Crippen LogP contribution in [0.2, 0.25) is 0 Å². The van der Waals surface area contributed by atoms with Gasteiger partial charge in [0.05, 0.1) is 33.7 Å². The number of carboxylic acid groups (broad SMARTS) is 1. The summed E-state index contributed by atoms with van der Waals surface area (Å²) in [5.41, 5.74) is 0.948. The van der Waals surface area contributed by atoms with E-state index in [-0.39, 0.29) is 38.6 Å². The highest BCUT2D eigenvalue weighted by atomic mass is 32.2. The first-order chi connectivity index (χ1) is 16.4. The highest BCUT2D eigenvalue weighted by molar-refractivity contribution is 8.26. The highest BCUT2D eigenvalue weighted by Crippen LogP contribution is 2.45. The number of carboxylic acids is 1. The number of aliphatic carboxylic acids is 1. The van der Waals surface area contributed by atoms with E-state index in [1.165, 1.54) is 9.80 Å². The number of carbonyl (C=O) groups is 4. The zero-order chi connectivity index (χ0) is 25.7. The number of hydrogen-bond donors (Lipinski definition) is 2. The molecule has 0 spiro atoms. The molecule has 2 saturated heterocycles. The fourth-order valence-corrected chi connectivity index (χ4v) is 7.53. The Kier molecular flexibility index (Phi) is 6.77. The van der Waals surface area contributed by atoms with Crippen molar-refractivity contribution in [3.8, 4) is 0 Å². The number of thioether (sulfide) groups is 1. The average Bonchev–Trinajstić information content (AvgIpc) is 3.36. The third kappa shape index (κ3) is 4.71. The van der Waals surface area contributed by atoms with Gasteiger partial charge in [0.15, 0.2) is 9.84 Å². The summed E-state index contributed by atoms with van der Waals surface area (Å²) >= 11 is 6.31. The first-order valence-corrected chi connectivity index (χ1v) is 13.9. The number of nitrogens with zero attached hydrogens (tertiary/aromatic N) is 2. The summed E-state index contributed by atoms with van der Waals surface area (Å²) in [4.78, 5) is 53.5. The van der Waals surface area contributed by atoms with Gasteiger partial charge in [-0.05, 0) is 18.4 Å². The minimum absolute atomic E-state index is 0.0288. The summed E-state index contributed by atoms with van der Waals surface area (Å²) in [6.45, 7) is 2.88. The Bertz CT molecular complexity index is 1290. The molecule has 3 aliphatic heterocycles. The largest absolute Gasteiger partial charge is 0.480 e. The molecule has 1 aromatic carbocycles. The van der Waals surface area contributed by atoms with Crippen molar-refractivity contribution in [2.45, 2.75) is 32.4 Å². The monoisotopic (exact) mass is 537 g/mol. The van der Waals surface area contributed by atoms with Gasteiger partial charge in [0, 0.05) is 5.56 Å². The van der Waals surface area contributed by atoms with E-state index < -0.39 is 52.2 Å². The van der Waals surface area contributed by atoms with Crippen LogP contribution in [0.1, 0.15) is 25.8 Å². The molecule has 0 unspecified atom stereocenters. The Morgan fingerprint density at radius 3 is 2.51 bits per heavy atom. The predicted molar refractivity (Wildman–Crippen MR) is 134 cm³/mol. The molecular weight excluding hydrogens is 514 g/mol. The maximum absolute atomic E-state index is 13.5. The van der Waals surface area contributed by atoms with Crippen LogP contribution in [0.5, 0.6) is 0 Å². The lowest BCUT2D eigenvalue weighted by atomic mass is 10.0. The summed E-state index contributed by atoms with van der Waals surface area (Å²) in [7, 11) is -3.26. The van der Waals surface area contributed by atoms with Crippen molar-refractivity contribution in [1.29, 1.82) is 0 Å². The Balaban J connectivity index is 1.65. The van der Waals surface area contributed by atoms with E-state index in [4.69, 9.17) is 12.2 Å². The molecule has 0 aliphatic carbocycles. The van der Waals surface area contributed by atoms with Crippen molar-refractivity contribution in [1.82, 2.24) is 10.2 Å². The van der Waals surface area contributed by atoms with Crippen molar-refractivity contribution >= 4 is 73.1 Å². The van der Waals surface area contributed by atoms with Crippen LogP contribution in [0.25, 0.3) is 5.57 Å². The molecule has 35 heavy (non-hydrogen) atoms. The summed E-state index contributed by atoms with van der Waals surface area (Å²) < 4.78 is 24.1. The van der Waals surface area contributed by atoms with E-state index in [0.29, 0.717) is 11.3 Å². The third-order valence-electron chi connectivity index (χ3n) is 6.07. The zero-order valence-corrected chi connectivity index (χ0v) is 21.3. The van der Waals surface area contributed by atoms with E-state index in [9.17, 15) is 32.7 Å². The predicted octanol–water partition coefficient (Wildman–Crippen LogP) is 1.02. The van der Waals surface area contributed by atoms with Gasteiger partial charge >= 0.3 is 5.97 Å². The molecule has 3 aliphatic rings. The first-order valence-electron chi connectivity index (χ1n) is 10.8. The Labute approximate surface area is 211 Å². The summed E-state index contributed by atoms with van der Waals surface area (Å²) in [6.07, 6.45) is 0.273. The number of nitrogens with one attached hydrogen (secondary N) is 1. The lowest BCUT2D eigenvalue weighted by Crippen LogP contribution is -2.48. The second kappa shape index (κ2) is 9.36. The van der Waals surface area contributed by atoms with Crippen LogP contribution < -0.4 is 10.2 Å². The van der Waals surface area contributed by atoms with E-state index in [2.05, 4.69) is 5.32 Å². The lowest BCUT2D eigenvalue weighted by Gasteiger charge is -2.21. The van der Waals surface area contributed by atoms with Crippen molar-refractivity contribution in [3.05, 3.63) is 34.7 Å². The maximum Gasteiger partial charge on any atom is 0.326 e. The fourth-order valence-electron chi connectivity index (χ4n) is 4.36. The number of para-hydroxylation sites is 1. The highest BCUT2D eigenvalue weighted by Gasteiger charge is 2.46. The maximum atomic E-state index is 13.5. The zero-order valence-electron chi connectivity index (χ0n) is 18.9. The van der Waals surface area contributed by atoms with Gasteiger partial charge in [0.1, 0.15) is 16.9 Å². The number of rotatable bonds is 6. The van der Waals surface area contributed by atoms with Crippen LogP contribution in [-0.4, -0.2) is 76.6 Å². The molecule has 13 heteroatoms. The van der Waals surface area contributed by atoms with E-state index in [1.807, 2.05) is 0 Å². The summed E-state index contributed by atoms with van der Waals surface area (Å²) in [5, 5.41) is 11.8. The molecule has 3 amide bonds. The van der Waals surface area contributed by atoms with Crippen LogP contribution in [0.3, 0.4) is 0 Å². The Morgan fingerprint density at radius 2 is 1.91 bits per heavy atom. The third-order valence-corrected chi connectivity index (χ3v) is 9.23. The second-order valence-corrected chi connectivity index (χ2v) is 12.7. The molecule has 0 radical (unpaired) electrons. The molecule has 10 nitrogen and oxygen atoms in total. The van der Waals surface area contributed by atoms with Crippen LogP contribution in [0.15, 0.2) is 29.2 Å². The topological polar surface area (TPSA) is 141 Å². The molecule has 0 aromatic heterocycles. The van der Waals surface area contributed by atoms with Crippen molar-refractivity contribution in [2.24, 2.45) is 5.92 Å². The van der Waals surface area contributed by atoms with E-state index >= 15 is 0 Å². The molecular formula is C22H23N3O7S3. The molecule has 0 saturated carbocycles. The number of amides is 3. The number of carbonyl (C=O) groups excluding carboxylic acids is 3. The van der Waals surface area contributed by atoms with Crippen LogP contribution in [-0.2, 0) is 29.0 Å². The molecule has 2 N–H and O–H groups in total. The standard InChI is InChI=1S/C22H23N3O7S3/c1-11(2)17(21(29)30)23-15(26)9-24-14-6-4-3-5-13(14)16(19(24)27)18-20(28)25(22(33)34-18)12-7-8-35(31,32)10-12/h3-6,11-12,17H,7-10H2,1-2H3,(H,23,26)(H,29,30)/b18-16-/t12-,17+/m0/s1. The molecule has 2 atom stereocenters. The number of fused-ring (bicyclic) bond motifs is 1. The molecule has 2 fully saturated rings. The van der Waals surface area contributed by atoms with Gasteiger partial charge in [-0.3, -0.25) is 24.2 Å². The Morgan fingerprint density at radius 1 is 1.23 bits per heavy atom. The van der Waals surface area contributed by atoms with Gasteiger partial charge in [0.2, 0.25) is 5.91 Å².